The molecule has 0 radical (unpaired) electrons. The molecule has 4 aromatic carbocycles. The number of benzene rings is 4. The number of piperidine rings is 4. The Labute approximate surface area is 397 Å². The fourth-order valence-corrected chi connectivity index (χ4v) is 10.8. The van der Waals surface area contributed by atoms with Gasteiger partial charge in [-0.05, 0) is 130 Å². The molecule has 356 valence electrons. The van der Waals surface area contributed by atoms with Crippen molar-refractivity contribution >= 4 is 57.6 Å². The number of fused-ring (bicyclic) bond motifs is 2. The first-order valence-corrected chi connectivity index (χ1v) is 24.1. The maximum atomic E-state index is 13.8. The normalized spacial score (nSPS) is 19.3. The van der Waals surface area contributed by atoms with Crippen LogP contribution < -0.4 is 15.9 Å². The third kappa shape index (κ3) is 10.1. The fraction of sp³-hybridized carbons (Fsp3) is 0.444. The first-order chi connectivity index (χ1) is 32.9. The molecule has 14 nitrogen and oxygen atoms in total. The lowest BCUT2D eigenvalue weighted by atomic mass is 9.90. The van der Waals surface area contributed by atoms with Crippen molar-refractivity contribution in [3.05, 3.63) is 112 Å². The highest BCUT2D eigenvalue weighted by Gasteiger charge is 2.36. The number of hydrogen-bond acceptors (Lipinski definition) is 8. The smallest absolute Gasteiger partial charge is 0.329 e. The van der Waals surface area contributed by atoms with Gasteiger partial charge in [0.05, 0.1) is 17.1 Å². The van der Waals surface area contributed by atoms with Crippen LogP contribution in [0, 0.1) is 36.5 Å². The molecule has 0 bridgehead atoms. The van der Waals surface area contributed by atoms with E-state index in [4.69, 9.17) is 9.90 Å². The lowest BCUT2D eigenvalue weighted by Gasteiger charge is -2.39. The zero-order valence-corrected chi connectivity index (χ0v) is 39.7. The predicted molar refractivity (Wildman–Crippen MR) is 263 cm³/mol. The molecule has 68 heavy (non-hydrogen) atoms. The molecule has 0 spiro atoms. The van der Waals surface area contributed by atoms with E-state index < -0.39 is 6.04 Å². The molecule has 4 amide bonds. The molecule has 5 aromatic rings. The molecule has 14 heteroatoms. The van der Waals surface area contributed by atoms with Gasteiger partial charge >= 0.3 is 5.69 Å². The van der Waals surface area contributed by atoms with E-state index in [1.807, 2.05) is 62.4 Å². The van der Waals surface area contributed by atoms with E-state index in [1.54, 1.807) is 16.2 Å². The Balaban J connectivity index is 0.00000203. The molecule has 4 saturated heterocycles. The number of amides is 4. The Morgan fingerprint density at radius 3 is 2.19 bits per heavy atom. The van der Waals surface area contributed by atoms with E-state index in [9.17, 15) is 24.0 Å². The number of anilines is 1. The van der Waals surface area contributed by atoms with Gasteiger partial charge in [0.2, 0.25) is 11.8 Å². The first kappa shape index (κ1) is 47.8. The van der Waals surface area contributed by atoms with Crippen LogP contribution >= 0.6 is 0 Å². The summed E-state index contributed by atoms with van der Waals surface area (Å²) in [5.74, 6) is 7.80. The summed E-state index contributed by atoms with van der Waals surface area (Å²) in [6, 6.07) is 25.3. The number of hydrogen-bond donors (Lipinski definition) is 2. The van der Waals surface area contributed by atoms with Gasteiger partial charge in [-0.2, -0.15) is 0 Å². The lowest BCUT2D eigenvalue weighted by Crippen LogP contribution is -2.47. The van der Waals surface area contributed by atoms with Crippen molar-refractivity contribution in [3.63, 3.8) is 0 Å². The van der Waals surface area contributed by atoms with Crippen LogP contribution in [0.4, 0.5) is 5.69 Å². The van der Waals surface area contributed by atoms with Crippen LogP contribution in [0.25, 0.3) is 21.8 Å². The van der Waals surface area contributed by atoms with Crippen molar-refractivity contribution in [2.75, 3.05) is 57.8 Å². The van der Waals surface area contributed by atoms with Gasteiger partial charge in [0, 0.05) is 81.9 Å². The number of imide groups is 1. The Morgan fingerprint density at radius 2 is 1.49 bits per heavy atom. The van der Waals surface area contributed by atoms with E-state index in [-0.39, 0.29) is 48.3 Å². The molecule has 4 aliphatic rings. The number of rotatable bonds is 8. The Kier molecular flexibility index (Phi) is 14.8. The number of imidazole rings is 1. The SMILES string of the molecule is Cc1ccccc1C(=O)N[C@H](C)c1ccc(C#CC2CCN(CC3CCN(C(=O)C4CCN(c5ccc6c(c5)n(C)c(=O)n6C5CCC(=O)N(C)C5=O)CC4)CC3)CC2)c2ccccc12.O=CO. The number of aryl methyl sites for hydroxylation is 2. The highest BCUT2D eigenvalue weighted by Crippen LogP contribution is 2.32. The van der Waals surface area contributed by atoms with Gasteiger partial charge in [-0.1, -0.05) is 60.4 Å². The topological polar surface area (TPSA) is 158 Å². The number of likely N-dealkylation sites (tertiary alicyclic amines) is 3. The van der Waals surface area contributed by atoms with Gasteiger partial charge in [-0.25, -0.2) is 4.79 Å². The maximum absolute atomic E-state index is 13.8. The quantitative estimate of drug-likeness (QED) is 0.100. The average Bonchev–Trinajstić information content (AvgIpc) is 3.60. The van der Waals surface area contributed by atoms with Crippen molar-refractivity contribution in [1.29, 1.82) is 0 Å². The van der Waals surface area contributed by atoms with Crippen molar-refractivity contribution in [2.45, 2.75) is 77.3 Å². The van der Waals surface area contributed by atoms with E-state index in [0.29, 0.717) is 35.2 Å². The summed E-state index contributed by atoms with van der Waals surface area (Å²) in [5, 5.41) is 12.3. The minimum Gasteiger partial charge on any atom is -0.483 e. The number of likely N-dealkylation sites (N-methyl/N-ethyl adjacent to an activating group) is 1. The van der Waals surface area contributed by atoms with Gasteiger partial charge in [-0.3, -0.25) is 38.0 Å². The maximum Gasteiger partial charge on any atom is 0.329 e. The second kappa shape index (κ2) is 21.1. The number of carbonyl (C=O) groups excluding carboxylic acids is 4. The van der Waals surface area contributed by atoms with Crippen molar-refractivity contribution in [2.24, 2.45) is 24.8 Å². The van der Waals surface area contributed by atoms with Gasteiger partial charge in [0.25, 0.3) is 18.3 Å². The molecule has 4 fully saturated rings. The van der Waals surface area contributed by atoms with Crippen LogP contribution in [-0.4, -0.2) is 112 Å². The van der Waals surface area contributed by atoms with Crippen LogP contribution in [0.5, 0.6) is 0 Å². The average molecular weight is 922 g/mol. The van der Waals surface area contributed by atoms with Crippen LogP contribution in [-0.2, 0) is 26.2 Å². The largest absolute Gasteiger partial charge is 0.483 e. The molecule has 9 rings (SSSR count). The van der Waals surface area contributed by atoms with Crippen molar-refractivity contribution in [1.82, 2.24) is 29.2 Å². The Hall–Kier alpha value is -6.72. The summed E-state index contributed by atoms with van der Waals surface area (Å²) in [4.78, 5) is 81.8. The van der Waals surface area contributed by atoms with Crippen LogP contribution in [0.2, 0.25) is 0 Å². The third-order valence-electron chi connectivity index (χ3n) is 14.8. The van der Waals surface area contributed by atoms with E-state index >= 15 is 0 Å². The molecule has 0 aliphatic carbocycles. The molecule has 4 aliphatic heterocycles. The van der Waals surface area contributed by atoms with Gasteiger partial charge in [-0.15, -0.1) is 0 Å². The van der Waals surface area contributed by atoms with Gasteiger partial charge in [0.15, 0.2) is 0 Å². The highest BCUT2D eigenvalue weighted by atomic mass is 16.3. The minimum atomic E-state index is -0.696. The molecule has 5 heterocycles. The van der Waals surface area contributed by atoms with Crippen LogP contribution in [0.3, 0.4) is 0 Å². The lowest BCUT2D eigenvalue weighted by molar-refractivity contribution is -0.149. The van der Waals surface area contributed by atoms with E-state index in [1.165, 1.54) is 7.05 Å². The molecule has 1 unspecified atom stereocenters. The standard InChI is InChI=1S/C53H61N7O5.CH2O2/c1-35-9-5-6-10-42(35)50(62)54-36(2)43-17-15-39(44-11-7-8-12-45(43)44)14-13-37-21-27-57(28-22-37)34-38-23-29-59(30-24-38)51(63)40-25-31-58(32-26-40)41-16-18-46-48(33-41)55(3)53(65)60(46)47-19-20-49(61)56(4)52(47)64;2-1-3/h5-12,15-18,33,36-38,40,47H,19-32,34H2,1-4H3,(H,54,62);1H,(H,2,3)/t36-,47?;/m1./s1. The fourth-order valence-electron chi connectivity index (χ4n) is 10.8. The zero-order chi connectivity index (χ0) is 48.1. The minimum absolute atomic E-state index is 0.0191. The van der Waals surface area contributed by atoms with Crippen LogP contribution in [0.15, 0.2) is 83.7 Å². The number of nitrogens with zero attached hydrogens (tertiary/aromatic N) is 6. The predicted octanol–water partition coefficient (Wildman–Crippen LogP) is 6.53. The number of carbonyl (C=O) groups is 5. The summed E-state index contributed by atoms with van der Waals surface area (Å²) in [7, 11) is 3.21. The summed E-state index contributed by atoms with van der Waals surface area (Å²) in [6.07, 6.45) is 6.33. The van der Waals surface area contributed by atoms with Crippen molar-refractivity contribution in [3.8, 4) is 11.8 Å². The second-order valence-electron chi connectivity index (χ2n) is 19.0. The highest BCUT2D eigenvalue weighted by molar-refractivity contribution is 6.00. The molecule has 1 aromatic heterocycles. The van der Waals surface area contributed by atoms with E-state index in [0.717, 1.165) is 128 Å². The summed E-state index contributed by atoms with van der Waals surface area (Å²) < 4.78 is 3.13. The van der Waals surface area contributed by atoms with Gasteiger partial charge in [0.1, 0.15) is 6.04 Å². The third-order valence-corrected chi connectivity index (χ3v) is 14.8. The Bertz CT molecular complexity index is 2810. The molecule has 0 saturated carbocycles. The second-order valence-corrected chi connectivity index (χ2v) is 19.0. The first-order valence-electron chi connectivity index (χ1n) is 24.1. The summed E-state index contributed by atoms with van der Waals surface area (Å²) >= 11 is 0. The summed E-state index contributed by atoms with van der Waals surface area (Å²) in [6.45, 7) is 10.1. The molecular formula is C54H63N7O7. The number of carboxylic acid groups (broad SMARTS) is 1. The monoisotopic (exact) mass is 921 g/mol. The molecule has 2 N–H and O–H groups in total. The molecular weight excluding hydrogens is 859 g/mol. The van der Waals surface area contributed by atoms with Gasteiger partial charge < -0.3 is 25.1 Å². The zero-order valence-electron chi connectivity index (χ0n) is 39.7. The Morgan fingerprint density at radius 1 is 0.809 bits per heavy atom. The van der Waals surface area contributed by atoms with E-state index in [2.05, 4.69) is 62.2 Å². The molecule has 2 atom stereocenters. The summed E-state index contributed by atoms with van der Waals surface area (Å²) in [5.41, 5.74) is 5.94. The number of aromatic nitrogens is 2. The number of nitrogens with one attached hydrogen (secondary N) is 1. The van der Waals surface area contributed by atoms with Crippen molar-refractivity contribution < 1.29 is 29.1 Å². The van der Waals surface area contributed by atoms with Crippen LogP contribution in [0.1, 0.15) is 97.4 Å².